The molecule has 0 unspecified atom stereocenters. The molecule has 0 aliphatic carbocycles. The Hall–Kier alpha value is -1.94. The quantitative estimate of drug-likeness (QED) is 0.787. The molecule has 1 aromatic carbocycles. The number of aryl methyl sites for hydroxylation is 1. The molecule has 1 aromatic heterocycles. The Kier molecular flexibility index (Phi) is 5.50. The molecular weight excluding hydrogens is 252 g/mol. The Labute approximate surface area is 119 Å². The topological polar surface area (TPSA) is 51.2 Å². The molecule has 0 radical (unpaired) electrons. The maximum absolute atomic E-state index is 11.7. The number of amides is 1. The number of methoxy groups -OCH3 is 1. The van der Waals surface area contributed by atoms with Crippen LogP contribution >= 0.6 is 0 Å². The number of rotatable bonds is 7. The summed E-state index contributed by atoms with van der Waals surface area (Å²) >= 11 is 0. The summed E-state index contributed by atoms with van der Waals surface area (Å²) in [5.41, 5.74) is 1.93. The summed E-state index contributed by atoms with van der Waals surface area (Å²) in [6.07, 6.45) is 1.98. The van der Waals surface area contributed by atoms with E-state index in [2.05, 4.69) is 10.3 Å². The Bertz CT molecular complexity index is 569. The standard InChI is InChI=1S/C16H20N2O2/c1-20-12-4-11-17-16(19)10-9-14-8-7-13-5-2-3-6-15(13)18-14/h2-3,5-8H,4,9-12H2,1H3,(H,17,19). The third kappa shape index (κ3) is 4.31. The smallest absolute Gasteiger partial charge is 0.220 e. The van der Waals surface area contributed by atoms with Crippen molar-refractivity contribution in [2.75, 3.05) is 20.3 Å². The Morgan fingerprint density at radius 2 is 2.10 bits per heavy atom. The largest absolute Gasteiger partial charge is 0.385 e. The number of ether oxygens (including phenoxy) is 1. The number of nitrogens with one attached hydrogen (secondary N) is 1. The van der Waals surface area contributed by atoms with Gasteiger partial charge in [-0.25, -0.2) is 0 Å². The zero-order valence-electron chi connectivity index (χ0n) is 11.8. The van der Waals surface area contributed by atoms with Crippen LogP contribution in [0.4, 0.5) is 0 Å². The van der Waals surface area contributed by atoms with E-state index in [0.29, 0.717) is 26.0 Å². The molecule has 0 aliphatic rings. The van der Waals surface area contributed by atoms with Crippen molar-refractivity contribution in [3.8, 4) is 0 Å². The van der Waals surface area contributed by atoms with Gasteiger partial charge in [0.05, 0.1) is 5.52 Å². The monoisotopic (exact) mass is 272 g/mol. The highest BCUT2D eigenvalue weighted by Crippen LogP contribution is 2.12. The number of hydrogen-bond acceptors (Lipinski definition) is 3. The molecule has 0 fully saturated rings. The highest BCUT2D eigenvalue weighted by molar-refractivity contribution is 5.79. The lowest BCUT2D eigenvalue weighted by molar-refractivity contribution is -0.121. The maximum atomic E-state index is 11.7. The second-order valence-electron chi connectivity index (χ2n) is 4.69. The molecule has 4 nitrogen and oxygen atoms in total. The van der Waals surface area contributed by atoms with Gasteiger partial charge >= 0.3 is 0 Å². The van der Waals surface area contributed by atoms with Crippen LogP contribution in [0, 0.1) is 0 Å². The molecule has 2 aromatic rings. The third-order valence-corrected chi connectivity index (χ3v) is 3.11. The molecule has 0 saturated carbocycles. The summed E-state index contributed by atoms with van der Waals surface area (Å²) in [5, 5.41) is 4.00. The van der Waals surface area contributed by atoms with Gasteiger partial charge in [0.1, 0.15) is 0 Å². The number of para-hydroxylation sites is 1. The van der Waals surface area contributed by atoms with E-state index in [1.54, 1.807) is 7.11 Å². The minimum atomic E-state index is 0.0658. The minimum absolute atomic E-state index is 0.0658. The number of benzene rings is 1. The van der Waals surface area contributed by atoms with Crippen LogP contribution in [0.25, 0.3) is 10.9 Å². The van der Waals surface area contributed by atoms with E-state index in [1.165, 1.54) is 0 Å². The molecule has 106 valence electrons. The van der Waals surface area contributed by atoms with Crippen molar-refractivity contribution in [2.24, 2.45) is 0 Å². The highest BCUT2D eigenvalue weighted by Gasteiger charge is 2.03. The van der Waals surface area contributed by atoms with Crippen LogP contribution in [0.1, 0.15) is 18.5 Å². The van der Waals surface area contributed by atoms with E-state index >= 15 is 0 Å². The number of carbonyl (C=O) groups excluding carboxylic acids is 1. The summed E-state index contributed by atoms with van der Waals surface area (Å²) in [7, 11) is 1.66. The third-order valence-electron chi connectivity index (χ3n) is 3.11. The van der Waals surface area contributed by atoms with Gasteiger partial charge in [0.2, 0.25) is 5.91 Å². The average Bonchev–Trinajstić information content (AvgIpc) is 2.49. The van der Waals surface area contributed by atoms with Gasteiger partial charge < -0.3 is 10.1 Å². The van der Waals surface area contributed by atoms with Crippen molar-refractivity contribution >= 4 is 16.8 Å². The van der Waals surface area contributed by atoms with E-state index in [-0.39, 0.29) is 5.91 Å². The van der Waals surface area contributed by atoms with E-state index < -0.39 is 0 Å². The van der Waals surface area contributed by atoms with E-state index in [0.717, 1.165) is 23.0 Å². The first-order valence-electron chi connectivity index (χ1n) is 6.90. The summed E-state index contributed by atoms with van der Waals surface area (Å²) in [4.78, 5) is 16.2. The minimum Gasteiger partial charge on any atom is -0.385 e. The van der Waals surface area contributed by atoms with Gasteiger partial charge in [-0.1, -0.05) is 24.3 Å². The molecule has 4 heteroatoms. The lowest BCUT2D eigenvalue weighted by atomic mass is 10.1. The van der Waals surface area contributed by atoms with Crippen molar-refractivity contribution in [2.45, 2.75) is 19.3 Å². The first-order chi connectivity index (χ1) is 9.79. The first-order valence-corrected chi connectivity index (χ1v) is 6.90. The van der Waals surface area contributed by atoms with Crippen molar-refractivity contribution < 1.29 is 9.53 Å². The highest BCUT2D eigenvalue weighted by atomic mass is 16.5. The molecule has 0 saturated heterocycles. The zero-order chi connectivity index (χ0) is 14.2. The fraction of sp³-hybridized carbons (Fsp3) is 0.375. The number of pyridine rings is 1. The van der Waals surface area contributed by atoms with Crippen LogP contribution in [0.2, 0.25) is 0 Å². The summed E-state index contributed by atoms with van der Waals surface area (Å²) in [5.74, 6) is 0.0658. The number of carbonyl (C=O) groups is 1. The van der Waals surface area contributed by atoms with Gasteiger partial charge in [0.15, 0.2) is 0 Å². The van der Waals surface area contributed by atoms with Crippen molar-refractivity contribution in [1.82, 2.24) is 10.3 Å². The van der Waals surface area contributed by atoms with Crippen LogP contribution in [-0.4, -0.2) is 31.2 Å². The predicted octanol–water partition coefficient (Wildman–Crippen LogP) is 2.32. The van der Waals surface area contributed by atoms with Crippen molar-refractivity contribution in [3.05, 3.63) is 42.1 Å². The normalized spacial score (nSPS) is 10.7. The molecule has 0 atom stereocenters. The molecule has 20 heavy (non-hydrogen) atoms. The maximum Gasteiger partial charge on any atom is 0.220 e. The number of aromatic nitrogens is 1. The van der Waals surface area contributed by atoms with Gasteiger partial charge in [-0.3, -0.25) is 9.78 Å². The molecule has 0 spiro atoms. The summed E-state index contributed by atoms with van der Waals surface area (Å²) in [6, 6.07) is 12.0. The van der Waals surface area contributed by atoms with Crippen LogP contribution in [0.15, 0.2) is 36.4 Å². The molecule has 1 amide bonds. The lowest BCUT2D eigenvalue weighted by Crippen LogP contribution is -2.25. The number of nitrogens with zero attached hydrogens (tertiary/aromatic N) is 1. The molecular formula is C16H20N2O2. The van der Waals surface area contributed by atoms with E-state index in [4.69, 9.17) is 4.74 Å². The van der Waals surface area contributed by atoms with Gasteiger partial charge in [0, 0.05) is 37.8 Å². The average molecular weight is 272 g/mol. The fourth-order valence-electron chi connectivity index (χ4n) is 2.02. The molecule has 0 aliphatic heterocycles. The Balaban J connectivity index is 1.81. The summed E-state index contributed by atoms with van der Waals surface area (Å²) in [6.45, 7) is 1.34. The van der Waals surface area contributed by atoms with Crippen LogP contribution in [0.3, 0.4) is 0 Å². The molecule has 1 heterocycles. The van der Waals surface area contributed by atoms with Crippen molar-refractivity contribution in [1.29, 1.82) is 0 Å². The first kappa shape index (κ1) is 14.5. The lowest BCUT2D eigenvalue weighted by Gasteiger charge is -2.05. The SMILES string of the molecule is COCCCNC(=O)CCc1ccc2ccccc2n1. The second kappa shape index (κ2) is 7.60. The molecule has 0 bridgehead atoms. The molecule has 2 rings (SSSR count). The van der Waals surface area contributed by atoms with E-state index in [1.807, 2.05) is 36.4 Å². The van der Waals surface area contributed by atoms with Crippen LogP contribution in [-0.2, 0) is 16.0 Å². The van der Waals surface area contributed by atoms with Crippen LogP contribution in [0.5, 0.6) is 0 Å². The summed E-state index contributed by atoms with van der Waals surface area (Å²) < 4.78 is 4.93. The van der Waals surface area contributed by atoms with Crippen molar-refractivity contribution in [3.63, 3.8) is 0 Å². The van der Waals surface area contributed by atoms with Gasteiger partial charge in [-0.05, 0) is 25.0 Å². The number of fused-ring (bicyclic) bond motifs is 1. The van der Waals surface area contributed by atoms with Crippen LogP contribution < -0.4 is 5.32 Å². The zero-order valence-corrected chi connectivity index (χ0v) is 11.8. The Morgan fingerprint density at radius 3 is 2.95 bits per heavy atom. The van der Waals surface area contributed by atoms with E-state index in [9.17, 15) is 4.79 Å². The predicted molar refractivity (Wildman–Crippen MR) is 79.6 cm³/mol. The second-order valence-corrected chi connectivity index (χ2v) is 4.69. The van der Waals surface area contributed by atoms with Gasteiger partial charge in [-0.15, -0.1) is 0 Å². The fourth-order valence-corrected chi connectivity index (χ4v) is 2.02. The number of hydrogen-bond donors (Lipinski definition) is 1. The van der Waals surface area contributed by atoms with Gasteiger partial charge in [0.25, 0.3) is 0 Å². The van der Waals surface area contributed by atoms with Gasteiger partial charge in [-0.2, -0.15) is 0 Å². The molecule has 1 N–H and O–H groups in total. The Morgan fingerprint density at radius 1 is 1.25 bits per heavy atom.